The molecule has 1 aliphatic rings. The van der Waals surface area contributed by atoms with Crippen LogP contribution in [0.4, 0.5) is 0 Å². The number of ketones is 1. The van der Waals surface area contributed by atoms with Crippen LogP contribution >= 0.6 is 0 Å². The Labute approximate surface area is 318 Å². The van der Waals surface area contributed by atoms with Gasteiger partial charge in [0.2, 0.25) is 0 Å². The Balaban J connectivity index is 1.24. The fourth-order valence-corrected chi connectivity index (χ4v) is 8.20. The number of hydrogen-bond donors (Lipinski definition) is 4. The number of aliphatic hydroxyl groups is 2. The number of hydrogen-bond acceptors (Lipinski definition) is 12. The summed E-state index contributed by atoms with van der Waals surface area (Å²) < 4.78 is 27.0. The second-order valence-corrected chi connectivity index (χ2v) is 14.2. The van der Waals surface area contributed by atoms with Crippen LogP contribution in [0.1, 0.15) is 73.3 Å². The van der Waals surface area contributed by atoms with Crippen LogP contribution in [0.15, 0.2) is 27.3 Å². The minimum absolute atomic E-state index is 0.0195. The van der Waals surface area contributed by atoms with E-state index in [1.165, 1.54) is 19.2 Å². The number of aliphatic hydroxyl groups excluding tert-OH is 2. The first kappa shape index (κ1) is 40.2. The molecule has 55 heavy (non-hydrogen) atoms. The van der Waals surface area contributed by atoms with Crippen molar-refractivity contribution in [2.45, 2.75) is 71.5 Å². The minimum Gasteiger partial charge on any atom is -0.507 e. The first-order valence-corrected chi connectivity index (χ1v) is 18.9. The van der Waals surface area contributed by atoms with Gasteiger partial charge in [0, 0.05) is 48.3 Å². The molecule has 0 unspecified atom stereocenters. The highest BCUT2D eigenvalue weighted by molar-refractivity contribution is 6.38. The SMILES string of the molecule is COCCOCCOCCOCCCC(=O)CCCCCc1c(O)c2c(=O)cc(CO)c3c4c(CO)cc(=O)c5c(O)c(OC)c6c(c(c1CC(C)=C6)c23)c54. The molecule has 0 amide bonds. The van der Waals surface area contributed by atoms with Crippen LogP contribution in [0.2, 0.25) is 0 Å². The van der Waals surface area contributed by atoms with Crippen molar-refractivity contribution in [3.05, 3.63) is 66.0 Å². The number of ether oxygens (including phenoxy) is 5. The summed E-state index contributed by atoms with van der Waals surface area (Å²) in [6, 6.07) is 2.56. The van der Waals surface area contributed by atoms with Crippen LogP contribution in [-0.4, -0.2) is 86.7 Å². The topological polar surface area (TPSA) is 178 Å². The lowest BCUT2D eigenvalue weighted by Gasteiger charge is -2.24. The number of carbonyl (C=O) groups excluding carboxylic acids is 1. The van der Waals surface area contributed by atoms with Crippen molar-refractivity contribution in [1.29, 1.82) is 0 Å². The van der Waals surface area contributed by atoms with Gasteiger partial charge in [0.05, 0.1) is 70.7 Å². The maximum Gasteiger partial charge on any atom is 0.190 e. The monoisotopic (exact) mass is 758 g/mol. The molecule has 0 heterocycles. The molecule has 0 aliphatic heterocycles. The molecule has 12 nitrogen and oxygen atoms in total. The Morgan fingerprint density at radius 1 is 0.655 bits per heavy atom. The van der Waals surface area contributed by atoms with Crippen molar-refractivity contribution in [2.24, 2.45) is 0 Å². The van der Waals surface area contributed by atoms with Crippen molar-refractivity contribution in [2.75, 3.05) is 60.5 Å². The number of rotatable bonds is 22. The summed E-state index contributed by atoms with van der Waals surface area (Å²) in [6.45, 7) is 4.39. The van der Waals surface area contributed by atoms with Crippen molar-refractivity contribution < 1.29 is 48.9 Å². The van der Waals surface area contributed by atoms with Crippen molar-refractivity contribution in [1.82, 2.24) is 0 Å². The maximum atomic E-state index is 13.9. The van der Waals surface area contributed by atoms with E-state index in [4.69, 9.17) is 23.7 Å². The Morgan fingerprint density at radius 3 is 1.82 bits per heavy atom. The van der Waals surface area contributed by atoms with Crippen LogP contribution in [0.25, 0.3) is 49.2 Å². The number of fused-ring (bicyclic) bond motifs is 1. The van der Waals surface area contributed by atoms with Gasteiger partial charge in [-0.2, -0.15) is 0 Å². The molecule has 0 saturated carbocycles. The summed E-state index contributed by atoms with van der Waals surface area (Å²) >= 11 is 0. The lowest BCUT2D eigenvalue weighted by Crippen LogP contribution is -2.12. The van der Waals surface area contributed by atoms with Gasteiger partial charge in [0.1, 0.15) is 11.5 Å². The number of aromatic hydroxyl groups is 2. The number of unbranched alkanes of at least 4 members (excludes halogenated alkanes) is 2. The highest BCUT2D eigenvalue weighted by atomic mass is 16.6. The zero-order valence-electron chi connectivity index (χ0n) is 31.8. The third-order valence-corrected chi connectivity index (χ3v) is 10.6. The number of allylic oxidation sites excluding steroid dienone is 1. The normalized spacial score (nSPS) is 12.9. The van der Waals surface area contributed by atoms with Crippen LogP contribution in [0.5, 0.6) is 17.2 Å². The predicted molar refractivity (Wildman–Crippen MR) is 211 cm³/mol. The molecular weight excluding hydrogens is 708 g/mol. The fourth-order valence-electron chi connectivity index (χ4n) is 8.20. The van der Waals surface area contributed by atoms with Gasteiger partial charge in [-0.1, -0.05) is 18.1 Å². The van der Waals surface area contributed by atoms with Gasteiger partial charge >= 0.3 is 0 Å². The van der Waals surface area contributed by atoms with Crippen molar-refractivity contribution >= 4 is 54.9 Å². The molecule has 0 radical (unpaired) electrons. The highest BCUT2D eigenvalue weighted by Crippen LogP contribution is 2.53. The Hall–Kier alpha value is -4.43. The predicted octanol–water partition coefficient (Wildman–Crippen LogP) is 5.41. The molecule has 12 heteroatoms. The molecular formula is C43H50O12. The fraction of sp³-hybridized carbons (Fsp3) is 0.465. The lowest BCUT2D eigenvalue weighted by atomic mass is 9.80. The summed E-state index contributed by atoms with van der Waals surface area (Å²) in [4.78, 5) is 40.1. The zero-order valence-corrected chi connectivity index (χ0v) is 31.8. The maximum absolute atomic E-state index is 13.9. The van der Waals surface area contributed by atoms with E-state index in [9.17, 15) is 34.8 Å². The summed E-state index contributed by atoms with van der Waals surface area (Å²) in [5.41, 5.74) is 2.43. The number of phenols is 2. The number of benzene rings is 5. The zero-order chi connectivity index (χ0) is 39.2. The Bertz CT molecular complexity index is 2330. The molecule has 6 rings (SSSR count). The van der Waals surface area contributed by atoms with E-state index in [0.717, 1.165) is 17.6 Å². The summed E-state index contributed by atoms with van der Waals surface area (Å²) in [6.07, 6.45) is 6.27. The summed E-state index contributed by atoms with van der Waals surface area (Å²) in [7, 11) is 3.04. The smallest absolute Gasteiger partial charge is 0.190 e. The minimum atomic E-state index is -0.506. The van der Waals surface area contributed by atoms with Gasteiger partial charge in [0.15, 0.2) is 22.4 Å². The largest absolute Gasteiger partial charge is 0.507 e. The molecule has 0 fully saturated rings. The molecule has 0 atom stereocenters. The number of carbonyl (C=O) groups is 1. The molecule has 0 saturated heterocycles. The van der Waals surface area contributed by atoms with E-state index in [0.29, 0.717) is 140 Å². The standard InChI is InChI=1S/C43H50O12/c1-24-18-29-28(10-6-4-5-8-27(46)9-7-11-53-14-15-55-17-16-54-13-12-51-2)41(49)37-31(47)20-25(22-44)33-34-26(23-45)21-32(48)38-40(34)36(35(29)39(33)37)30(19-24)43(52-3)42(38)50/h19-21,44-45,49-50H,4-18,22-23H2,1-3H3. The van der Waals surface area contributed by atoms with E-state index in [-0.39, 0.29) is 39.4 Å². The van der Waals surface area contributed by atoms with Crippen molar-refractivity contribution in [3.63, 3.8) is 0 Å². The van der Waals surface area contributed by atoms with Gasteiger partial charge in [-0.05, 0) is 89.6 Å². The molecule has 4 N–H and O–H groups in total. The van der Waals surface area contributed by atoms with E-state index >= 15 is 0 Å². The average molecular weight is 759 g/mol. The Kier molecular flexibility index (Phi) is 13.2. The second-order valence-electron chi connectivity index (χ2n) is 14.2. The van der Waals surface area contributed by atoms with Gasteiger partial charge in [-0.3, -0.25) is 14.4 Å². The molecule has 294 valence electrons. The molecule has 1 aliphatic carbocycles. The van der Waals surface area contributed by atoms with E-state index in [2.05, 4.69) is 0 Å². The van der Waals surface area contributed by atoms with Crippen LogP contribution in [0.3, 0.4) is 0 Å². The quantitative estimate of drug-likeness (QED) is 0.0402. The Morgan fingerprint density at radius 2 is 1.22 bits per heavy atom. The summed E-state index contributed by atoms with van der Waals surface area (Å²) in [5, 5.41) is 47.7. The van der Waals surface area contributed by atoms with Crippen LogP contribution in [-0.2, 0) is 49.8 Å². The molecule has 5 aromatic rings. The number of Topliss-reactive ketones (excluding diaryl/α,β-unsaturated/α-hetero) is 1. The van der Waals surface area contributed by atoms with Gasteiger partial charge < -0.3 is 44.1 Å². The van der Waals surface area contributed by atoms with E-state index in [1.807, 2.05) is 13.0 Å². The number of phenolic OH excluding ortho intramolecular Hbond substituents is 2. The molecule has 5 aromatic carbocycles. The van der Waals surface area contributed by atoms with E-state index in [1.54, 1.807) is 7.11 Å². The lowest BCUT2D eigenvalue weighted by molar-refractivity contribution is -0.119. The van der Waals surface area contributed by atoms with E-state index < -0.39 is 24.1 Å². The third-order valence-electron chi connectivity index (χ3n) is 10.6. The second kappa shape index (κ2) is 18.0. The van der Waals surface area contributed by atoms with Crippen LogP contribution in [0, 0.1) is 0 Å². The van der Waals surface area contributed by atoms with Crippen molar-refractivity contribution in [3.8, 4) is 17.2 Å². The first-order chi connectivity index (χ1) is 26.7. The van der Waals surface area contributed by atoms with Gasteiger partial charge in [-0.25, -0.2) is 0 Å². The van der Waals surface area contributed by atoms with Gasteiger partial charge in [0.25, 0.3) is 0 Å². The van der Waals surface area contributed by atoms with Crippen LogP contribution < -0.4 is 15.6 Å². The molecule has 0 spiro atoms. The highest BCUT2D eigenvalue weighted by Gasteiger charge is 2.32. The average Bonchev–Trinajstić information content (AvgIpc) is 3.32. The van der Waals surface area contributed by atoms with Gasteiger partial charge in [-0.15, -0.1) is 0 Å². The number of methoxy groups -OCH3 is 2. The third kappa shape index (κ3) is 7.85. The first-order valence-electron chi connectivity index (χ1n) is 18.9. The molecule has 0 bridgehead atoms. The summed E-state index contributed by atoms with van der Waals surface area (Å²) in [5.74, 6) is -0.179. The molecule has 0 aromatic heterocycles.